The fraction of sp³-hybridized carbons (Fsp3) is 0.200. The van der Waals surface area contributed by atoms with Crippen molar-refractivity contribution in [3.63, 3.8) is 0 Å². The number of rotatable bonds is 1. The molecule has 0 aliphatic rings. The van der Waals surface area contributed by atoms with Gasteiger partial charge in [0.15, 0.2) is 0 Å². The lowest BCUT2D eigenvalue weighted by molar-refractivity contribution is 1.47. The molecule has 0 heteroatoms. The van der Waals surface area contributed by atoms with Crippen LogP contribution < -0.4 is 0 Å². The van der Waals surface area contributed by atoms with E-state index in [9.17, 15) is 0 Å². The quantitative estimate of drug-likeness (QED) is 0.493. The minimum Gasteiger partial charge on any atom is -0.0683 e. The van der Waals surface area contributed by atoms with Gasteiger partial charge in [0.25, 0.3) is 0 Å². The van der Waals surface area contributed by atoms with Gasteiger partial charge >= 0.3 is 0 Å². The van der Waals surface area contributed by atoms with Gasteiger partial charge in [0.05, 0.1) is 0 Å². The first-order valence-corrected chi connectivity index (χ1v) is 7.30. The molecule has 0 aromatic heterocycles. The Labute approximate surface area is 122 Å². The summed E-state index contributed by atoms with van der Waals surface area (Å²) in [7, 11) is 0. The van der Waals surface area contributed by atoms with Crippen LogP contribution in [0.1, 0.15) is 25.0 Å². The van der Waals surface area contributed by atoms with E-state index in [1.165, 1.54) is 33.0 Å². The van der Waals surface area contributed by atoms with Crippen LogP contribution in [0.15, 0.2) is 60.7 Å². The molecule has 0 aliphatic heterocycles. The van der Waals surface area contributed by atoms with Gasteiger partial charge in [0.1, 0.15) is 0 Å². The standard InChI is InChI=1S/C18H16.C2H6/c1-13-4-3-5-16(10-13)17-9-8-15-7-6-14(2)11-18(15)12-17;1-2/h3-12H,1-2H3;1-2H3. The first-order chi connectivity index (χ1) is 9.72. The van der Waals surface area contributed by atoms with Crippen molar-refractivity contribution in [2.45, 2.75) is 27.7 Å². The molecule has 0 N–H and O–H groups in total. The average Bonchev–Trinajstić information content (AvgIpc) is 2.48. The topological polar surface area (TPSA) is 0 Å². The van der Waals surface area contributed by atoms with E-state index in [1.54, 1.807) is 0 Å². The van der Waals surface area contributed by atoms with Crippen molar-refractivity contribution in [2.75, 3.05) is 0 Å². The fourth-order valence-electron chi connectivity index (χ4n) is 2.37. The first-order valence-electron chi connectivity index (χ1n) is 7.30. The summed E-state index contributed by atoms with van der Waals surface area (Å²) in [6.07, 6.45) is 0. The Balaban J connectivity index is 0.000000704. The van der Waals surface area contributed by atoms with Gasteiger partial charge in [-0.05, 0) is 41.8 Å². The molecule has 3 aromatic rings. The van der Waals surface area contributed by atoms with Crippen LogP contribution in [0, 0.1) is 13.8 Å². The Morgan fingerprint density at radius 3 is 1.95 bits per heavy atom. The van der Waals surface area contributed by atoms with Crippen LogP contribution in [-0.4, -0.2) is 0 Å². The van der Waals surface area contributed by atoms with E-state index in [4.69, 9.17) is 0 Å². The molecule has 0 nitrogen and oxygen atoms in total. The molecule has 0 atom stereocenters. The number of benzene rings is 3. The molecule has 0 fully saturated rings. The van der Waals surface area contributed by atoms with Crippen molar-refractivity contribution in [1.82, 2.24) is 0 Å². The predicted octanol–water partition coefficient (Wildman–Crippen LogP) is 6.15. The van der Waals surface area contributed by atoms with E-state index in [0.29, 0.717) is 0 Å². The Morgan fingerprint density at radius 2 is 1.20 bits per heavy atom. The highest BCUT2D eigenvalue weighted by atomic mass is 14.0. The molecule has 0 heterocycles. The maximum atomic E-state index is 2.27. The third kappa shape index (κ3) is 3.08. The summed E-state index contributed by atoms with van der Waals surface area (Å²) in [6, 6.07) is 21.9. The lowest BCUT2D eigenvalue weighted by Gasteiger charge is -2.06. The number of fused-ring (bicyclic) bond motifs is 1. The Morgan fingerprint density at radius 1 is 0.550 bits per heavy atom. The maximum Gasteiger partial charge on any atom is -0.0175 e. The average molecular weight is 262 g/mol. The number of hydrogen-bond acceptors (Lipinski definition) is 0. The van der Waals surface area contributed by atoms with Crippen molar-refractivity contribution in [3.05, 3.63) is 71.8 Å². The minimum atomic E-state index is 1.29. The van der Waals surface area contributed by atoms with Crippen molar-refractivity contribution in [1.29, 1.82) is 0 Å². The Bertz CT molecular complexity index is 708. The zero-order valence-electron chi connectivity index (χ0n) is 12.8. The van der Waals surface area contributed by atoms with Crippen LogP contribution in [0.2, 0.25) is 0 Å². The largest absolute Gasteiger partial charge is 0.0683 e. The van der Waals surface area contributed by atoms with Crippen molar-refractivity contribution < 1.29 is 0 Å². The van der Waals surface area contributed by atoms with E-state index in [-0.39, 0.29) is 0 Å². The summed E-state index contributed by atoms with van der Waals surface area (Å²) in [5, 5.41) is 2.62. The zero-order chi connectivity index (χ0) is 14.5. The van der Waals surface area contributed by atoms with E-state index < -0.39 is 0 Å². The van der Waals surface area contributed by atoms with Crippen molar-refractivity contribution >= 4 is 10.8 Å². The summed E-state index contributed by atoms with van der Waals surface area (Å²) in [6.45, 7) is 8.27. The Kier molecular flexibility index (Phi) is 4.57. The minimum absolute atomic E-state index is 1.29. The van der Waals surface area contributed by atoms with E-state index >= 15 is 0 Å². The van der Waals surface area contributed by atoms with Gasteiger partial charge in [-0.2, -0.15) is 0 Å². The summed E-state index contributed by atoms with van der Waals surface area (Å²) in [5.41, 5.74) is 5.19. The summed E-state index contributed by atoms with van der Waals surface area (Å²) < 4.78 is 0. The molecule has 102 valence electrons. The molecule has 3 rings (SSSR count). The molecule has 0 saturated heterocycles. The third-order valence-corrected chi connectivity index (χ3v) is 3.35. The van der Waals surface area contributed by atoms with E-state index in [1.807, 2.05) is 13.8 Å². The van der Waals surface area contributed by atoms with Crippen LogP contribution in [-0.2, 0) is 0 Å². The van der Waals surface area contributed by atoms with Crippen LogP contribution >= 0.6 is 0 Å². The fourth-order valence-corrected chi connectivity index (χ4v) is 2.37. The van der Waals surface area contributed by atoms with Gasteiger partial charge in [-0.3, -0.25) is 0 Å². The van der Waals surface area contributed by atoms with Crippen LogP contribution in [0.4, 0.5) is 0 Å². The highest BCUT2D eigenvalue weighted by Crippen LogP contribution is 2.25. The molecule has 0 bridgehead atoms. The van der Waals surface area contributed by atoms with Gasteiger partial charge in [0.2, 0.25) is 0 Å². The van der Waals surface area contributed by atoms with Crippen LogP contribution in [0.3, 0.4) is 0 Å². The normalized spacial score (nSPS) is 10.0. The monoisotopic (exact) mass is 262 g/mol. The molecule has 0 radical (unpaired) electrons. The van der Waals surface area contributed by atoms with Gasteiger partial charge in [-0.25, -0.2) is 0 Å². The molecule has 0 spiro atoms. The van der Waals surface area contributed by atoms with Gasteiger partial charge in [-0.1, -0.05) is 79.6 Å². The van der Waals surface area contributed by atoms with E-state index in [2.05, 4.69) is 74.5 Å². The van der Waals surface area contributed by atoms with Crippen LogP contribution in [0.25, 0.3) is 21.9 Å². The van der Waals surface area contributed by atoms with E-state index in [0.717, 1.165) is 0 Å². The maximum absolute atomic E-state index is 2.27. The number of aryl methyl sites for hydroxylation is 2. The Hall–Kier alpha value is -2.08. The lowest BCUT2D eigenvalue weighted by atomic mass is 9.99. The second-order valence-electron chi connectivity index (χ2n) is 4.93. The smallest absolute Gasteiger partial charge is 0.0175 e. The molecular formula is C20H22. The van der Waals surface area contributed by atoms with Gasteiger partial charge < -0.3 is 0 Å². The molecular weight excluding hydrogens is 240 g/mol. The lowest BCUT2D eigenvalue weighted by Crippen LogP contribution is -1.81. The summed E-state index contributed by atoms with van der Waals surface area (Å²) in [4.78, 5) is 0. The van der Waals surface area contributed by atoms with Gasteiger partial charge in [0, 0.05) is 0 Å². The highest BCUT2D eigenvalue weighted by Gasteiger charge is 2.00. The second-order valence-corrected chi connectivity index (χ2v) is 4.93. The molecule has 0 amide bonds. The third-order valence-electron chi connectivity index (χ3n) is 3.35. The highest BCUT2D eigenvalue weighted by molar-refractivity contribution is 5.87. The second kappa shape index (κ2) is 6.38. The van der Waals surface area contributed by atoms with Gasteiger partial charge in [-0.15, -0.1) is 0 Å². The van der Waals surface area contributed by atoms with Crippen molar-refractivity contribution in [2.24, 2.45) is 0 Å². The predicted molar refractivity (Wildman–Crippen MR) is 90.2 cm³/mol. The zero-order valence-corrected chi connectivity index (χ0v) is 12.8. The molecule has 0 saturated carbocycles. The molecule has 3 aromatic carbocycles. The SMILES string of the molecule is CC.Cc1cccc(-c2ccc3ccc(C)cc3c2)c1. The molecule has 20 heavy (non-hydrogen) atoms. The molecule has 0 aliphatic carbocycles. The molecule has 0 unspecified atom stereocenters. The van der Waals surface area contributed by atoms with Crippen molar-refractivity contribution in [3.8, 4) is 11.1 Å². The summed E-state index contributed by atoms with van der Waals surface area (Å²) in [5.74, 6) is 0. The number of hydrogen-bond donors (Lipinski definition) is 0. The summed E-state index contributed by atoms with van der Waals surface area (Å²) >= 11 is 0. The van der Waals surface area contributed by atoms with Crippen LogP contribution in [0.5, 0.6) is 0 Å². The first kappa shape index (κ1) is 14.3.